The second-order valence-electron chi connectivity index (χ2n) is 6.34. The van der Waals surface area contributed by atoms with Crippen LogP contribution in [0.4, 0.5) is 0 Å². The summed E-state index contributed by atoms with van der Waals surface area (Å²) < 4.78 is 11.0. The van der Waals surface area contributed by atoms with Crippen LogP contribution in [0.15, 0.2) is 36.5 Å². The zero-order valence-corrected chi connectivity index (χ0v) is 14.6. The highest BCUT2D eigenvalue weighted by Gasteiger charge is 2.44. The minimum absolute atomic E-state index is 0.402. The molecule has 8 heteroatoms. The van der Waals surface area contributed by atoms with Gasteiger partial charge in [-0.25, -0.2) is 0 Å². The molecule has 1 aromatic heterocycles. The SMILES string of the molecule is Cc1cc(-c2cc(C#N)ccn2)ccc1O[C@H]1OC(CO)[C@@H](O)[C@H](O)C1O. The van der Waals surface area contributed by atoms with Crippen LogP contribution in [-0.2, 0) is 4.74 Å². The number of aromatic nitrogens is 1. The van der Waals surface area contributed by atoms with Crippen molar-refractivity contribution < 1.29 is 29.9 Å². The fourth-order valence-electron chi connectivity index (χ4n) is 2.89. The highest BCUT2D eigenvalue weighted by Crippen LogP contribution is 2.29. The van der Waals surface area contributed by atoms with Gasteiger partial charge in [0.25, 0.3) is 0 Å². The Bertz CT molecular complexity index is 850. The molecule has 3 rings (SSSR count). The van der Waals surface area contributed by atoms with Gasteiger partial charge in [-0.2, -0.15) is 5.26 Å². The summed E-state index contributed by atoms with van der Waals surface area (Å²) in [5, 5.41) is 48.0. The van der Waals surface area contributed by atoms with Gasteiger partial charge in [0.05, 0.1) is 23.9 Å². The van der Waals surface area contributed by atoms with Crippen LogP contribution in [0.2, 0.25) is 0 Å². The molecule has 0 spiro atoms. The van der Waals surface area contributed by atoms with Gasteiger partial charge < -0.3 is 29.9 Å². The van der Waals surface area contributed by atoms with E-state index >= 15 is 0 Å². The van der Waals surface area contributed by atoms with Crippen molar-refractivity contribution in [2.75, 3.05) is 6.61 Å². The lowest BCUT2D eigenvalue weighted by molar-refractivity contribution is -0.277. The number of aliphatic hydroxyl groups excluding tert-OH is 4. The van der Waals surface area contributed by atoms with Crippen molar-refractivity contribution in [3.05, 3.63) is 47.7 Å². The van der Waals surface area contributed by atoms with Crippen LogP contribution in [0.25, 0.3) is 11.3 Å². The number of ether oxygens (including phenoxy) is 2. The number of benzene rings is 1. The van der Waals surface area contributed by atoms with Crippen molar-refractivity contribution in [2.24, 2.45) is 0 Å². The number of nitrogens with zero attached hydrogens (tertiary/aromatic N) is 2. The van der Waals surface area contributed by atoms with Crippen molar-refractivity contribution >= 4 is 0 Å². The average molecular weight is 372 g/mol. The second kappa shape index (κ2) is 8.00. The molecule has 4 N–H and O–H groups in total. The third kappa shape index (κ3) is 3.93. The molecule has 142 valence electrons. The van der Waals surface area contributed by atoms with Crippen LogP contribution in [0.1, 0.15) is 11.1 Å². The summed E-state index contributed by atoms with van der Waals surface area (Å²) >= 11 is 0. The lowest BCUT2D eigenvalue weighted by Crippen LogP contribution is -2.60. The van der Waals surface area contributed by atoms with Crippen molar-refractivity contribution in [1.29, 1.82) is 5.26 Å². The van der Waals surface area contributed by atoms with Gasteiger partial charge in [0.2, 0.25) is 6.29 Å². The summed E-state index contributed by atoms with van der Waals surface area (Å²) in [6.07, 6.45) is -5.14. The fourth-order valence-corrected chi connectivity index (χ4v) is 2.89. The summed E-state index contributed by atoms with van der Waals surface area (Å²) in [5.74, 6) is 0.402. The van der Waals surface area contributed by atoms with Gasteiger partial charge in [-0.1, -0.05) is 0 Å². The fraction of sp³-hybridized carbons (Fsp3) is 0.368. The number of aryl methyl sites for hydroxylation is 1. The first-order chi connectivity index (χ1) is 12.9. The Morgan fingerprint density at radius 2 is 1.93 bits per heavy atom. The van der Waals surface area contributed by atoms with Crippen molar-refractivity contribution in [1.82, 2.24) is 4.98 Å². The molecule has 0 saturated carbocycles. The highest BCUT2D eigenvalue weighted by molar-refractivity contribution is 5.63. The molecule has 1 aromatic carbocycles. The molecule has 0 radical (unpaired) electrons. The van der Waals surface area contributed by atoms with E-state index < -0.39 is 37.3 Å². The first kappa shape index (κ1) is 19.2. The van der Waals surface area contributed by atoms with Gasteiger partial charge in [-0.05, 0) is 42.8 Å². The van der Waals surface area contributed by atoms with E-state index in [1.807, 2.05) is 6.07 Å². The summed E-state index contributed by atoms with van der Waals surface area (Å²) in [5.41, 5.74) is 2.63. The van der Waals surface area contributed by atoms with Crippen LogP contribution in [-0.4, -0.2) is 62.7 Å². The minimum atomic E-state index is -1.50. The molecule has 27 heavy (non-hydrogen) atoms. The quantitative estimate of drug-likeness (QED) is 0.594. The molecule has 5 atom stereocenters. The molecule has 0 bridgehead atoms. The zero-order chi connectivity index (χ0) is 19.6. The van der Waals surface area contributed by atoms with Gasteiger partial charge in [0.1, 0.15) is 30.2 Å². The first-order valence-corrected chi connectivity index (χ1v) is 8.39. The molecular weight excluding hydrogens is 352 g/mol. The molecule has 1 fully saturated rings. The van der Waals surface area contributed by atoms with E-state index in [0.717, 1.165) is 5.56 Å². The topological polar surface area (TPSA) is 136 Å². The molecular formula is C19H20N2O6. The van der Waals surface area contributed by atoms with Crippen molar-refractivity contribution in [3.8, 4) is 23.1 Å². The highest BCUT2D eigenvalue weighted by atomic mass is 16.7. The van der Waals surface area contributed by atoms with E-state index in [-0.39, 0.29) is 0 Å². The molecule has 0 aliphatic carbocycles. The van der Waals surface area contributed by atoms with Crippen LogP contribution in [0, 0.1) is 18.3 Å². The van der Waals surface area contributed by atoms with E-state index in [2.05, 4.69) is 11.1 Å². The Morgan fingerprint density at radius 3 is 2.59 bits per heavy atom. The number of rotatable bonds is 4. The van der Waals surface area contributed by atoms with Gasteiger partial charge in [-0.15, -0.1) is 0 Å². The van der Waals surface area contributed by atoms with Crippen molar-refractivity contribution in [3.63, 3.8) is 0 Å². The third-order valence-corrected chi connectivity index (χ3v) is 4.45. The summed E-state index contributed by atoms with van der Waals surface area (Å²) in [7, 11) is 0. The maximum Gasteiger partial charge on any atom is 0.229 e. The van der Waals surface area contributed by atoms with E-state index in [1.165, 1.54) is 0 Å². The molecule has 2 aromatic rings. The van der Waals surface area contributed by atoms with Crippen LogP contribution in [0.3, 0.4) is 0 Å². The normalized spacial score (nSPS) is 27.8. The molecule has 0 amide bonds. The van der Waals surface area contributed by atoms with E-state index in [1.54, 1.807) is 37.4 Å². The van der Waals surface area contributed by atoms with E-state index in [4.69, 9.17) is 14.7 Å². The summed E-state index contributed by atoms with van der Waals surface area (Å²) in [4.78, 5) is 4.25. The van der Waals surface area contributed by atoms with Gasteiger partial charge in [0.15, 0.2) is 0 Å². The van der Waals surface area contributed by atoms with E-state index in [0.29, 0.717) is 22.6 Å². The monoisotopic (exact) mass is 372 g/mol. The summed E-state index contributed by atoms with van der Waals surface area (Å²) in [6.45, 7) is 1.26. The van der Waals surface area contributed by atoms with Crippen LogP contribution < -0.4 is 4.74 Å². The minimum Gasteiger partial charge on any atom is -0.462 e. The molecule has 8 nitrogen and oxygen atoms in total. The predicted octanol–water partition coefficient (Wildman–Crippen LogP) is 0.107. The maximum atomic E-state index is 10.1. The average Bonchev–Trinajstić information content (AvgIpc) is 2.69. The molecule has 1 saturated heterocycles. The summed E-state index contributed by atoms with van der Waals surface area (Å²) in [6, 6.07) is 10.6. The maximum absolute atomic E-state index is 10.1. The van der Waals surface area contributed by atoms with Crippen LogP contribution in [0.5, 0.6) is 5.75 Å². The van der Waals surface area contributed by atoms with Gasteiger partial charge in [0, 0.05) is 11.8 Å². The van der Waals surface area contributed by atoms with Gasteiger partial charge >= 0.3 is 0 Å². The lowest BCUT2D eigenvalue weighted by Gasteiger charge is -2.39. The Kier molecular flexibility index (Phi) is 5.70. The van der Waals surface area contributed by atoms with Crippen molar-refractivity contribution in [2.45, 2.75) is 37.6 Å². The largest absolute Gasteiger partial charge is 0.462 e. The number of aliphatic hydroxyl groups is 4. The third-order valence-electron chi connectivity index (χ3n) is 4.45. The van der Waals surface area contributed by atoms with Gasteiger partial charge in [-0.3, -0.25) is 4.98 Å². The first-order valence-electron chi connectivity index (χ1n) is 8.39. The van der Waals surface area contributed by atoms with E-state index in [9.17, 15) is 20.4 Å². The predicted molar refractivity (Wildman–Crippen MR) is 93.5 cm³/mol. The number of pyridine rings is 1. The number of hydrogen-bond donors (Lipinski definition) is 4. The lowest BCUT2D eigenvalue weighted by atomic mass is 9.99. The number of nitriles is 1. The molecule has 2 heterocycles. The Labute approximate surface area is 155 Å². The smallest absolute Gasteiger partial charge is 0.229 e. The zero-order valence-electron chi connectivity index (χ0n) is 14.6. The Morgan fingerprint density at radius 1 is 1.15 bits per heavy atom. The number of hydrogen-bond acceptors (Lipinski definition) is 8. The Hall–Kier alpha value is -2.54. The molecule has 1 aliphatic rings. The Balaban J connectivity index is 1.81. The molecule has 1 aliphatic heterocycles. The standard InChI is InChI=1S/C19H20N2O6/c1-10-6-12(13-7-11(8-20)4-5-21-13)2-3-14(10)26-19-18(25)17(24)16(23)15(9-22)27-19/h2-7,15-19,22-25H,9H2,1H3/t15?,16-,17+,18?,19+/m1/s1. The van der Waals surface area contributed by atoms with Crippen LogP contribution >= 0.6 is 0 Å². The molecule has 2 unspecified atom stereocenters. The second-order valence-corrected chi connectivity index (χ2v) is 6.34.